The number of hydroxylamine groups is 2. The van der Waals surface area contributed by atoms with Crippen LogP contribution in [0.15, 0.2) is 83.1 Å². The van der Waals surface area contributed by atoms with Gasteiger partial charge in [0.2, 0.25) is 0 Å². The number of hydrogen-bond acceptors (Lipinski definition) is 3. The van der Waals surface area contributed by atoms with E-state index in [2.05, 4.69) is 6.58 Å². The van der Waals surface area contributed by atoms with Gasteiger partial charge in [0, 0.05) is 22.4 Å². The third-order valence-electron chi connectivity index (χ3n) is 4.61. The summed E-state index contributed by atoms with van der Waals surface area (Å²) in [6.45, 7) is 6.19. The summed E-state index contributed by atoms with van der Waals surface area (Å²) in [5, 5.41) is 1.20. The van der Waals surface area contributed by atoms with Crippen LogP contribution in [0, 0.1) is 12.7 Å². The molecule has 0 saturated carbocycles. The first-order chi connectivity index (χ1) is 13.9. The molecular weight excluding hydrogens is 385 g/mol. The molecule has 0 aromatic heterocycles. The highest BCUT2D eigenvalue weighted by Gasteiger charge is 2.14. The Kier molecular flexibility index (Phi) is 6.52. The Bertz CT molecular complexity index is 1050. The van der Waals surface area contributed by atoms with Crippen LogP contribution in [0.1, 0.15) is 27.0 Å². The normalized spacial score (nSPS) is 10.6. The minimum atomic E-state index is -0.270. The van der Waals surface area contributed by atoms with Gasteiger partial charge in [-0.2, -0.15) is 0 Å². The lowest BCUT2D eigenvalue weighted by Gasteiger charge is -2.16. The average Bonchev–Trinajstić information content (AvgIpc) is 2.74. The van der Waals surface area contributed by atoms with E-state index in [9.17, 15) is 9.18 Å². The van der Waals surface area contributed by atoms with Crippen LogP contribution in [0.2, 0.25) is 0 Å². The Balaban J connectivity index is 1.89. The molecule has 29 heavy (non-hydrogen) atoms. The van der Waals surface area contributed by atoms with Gasteiger partial charge in [-0.1, -0.05) is 48.7 Å². The summed E-state index contributed by atoms with van der Waals surface area (Å²) in [5.74, 6) is -0.467. The van der Waals surface area contributed by atoms with E-state index in [1.807, 2.05) is 43.3 Å². The Morgan fingerprint density at radius 2 is 1.66 bits per heavy atom. The zero-order valence-corrected chi connectivity index (χ0v) is 17.4. The summed E-state index contributed by atoms with van der Waals surface area (Å²) in [4.78, 5) is 19.3. The fourth-order valence-electron chi connectivity index (χ4n) is 2.89. The second kappa shape index (κ2) is 9.07. The van der Waals surface area contributed by atoms with E-state index in [1.54, 1.807) is 37.0 Å². The Hall–Kier alpha value is -2.89. The van der Waals surface area contributed by atoms with Gasteiger partial charge in [-0.05, 0) is 65.6 Å². The highest BCUT2D eigenvalue weighted by Crippen LogP contribution is 2.37. The van der Waals surface area contributed by atoms with Crippen molar-refractivity contribution in [1.29, 1.82) is 0 Å². The van der Waals surface area contributed by atoms with E-state index in [0.29, 0.717) is 5.56 Å². The molecule has 0 unspecified atom stereocenters. The predicted octanol–water partition coefficient (Wildman–Crippen LogP) is 5.98. The number of halogens is 1. The van der Waals surface area contributed by atoms with Crippen LogP contribution < -0.4 is 0 Å². The number of nitrogens with zero attached hydrogens (tertiary/aromatic N) is 1. The number of aryl methyl sites for hydroxylation is 1. The Morgan fingerprint density at radius 3 is 2.31 bits per heavy atom. The van der Waals surface area contributed by atoms with Crippen LogP contribution >= 0.6 is 11.8 Å². The van der Waals surface area contributed by atoms with E-state index in [1.165, 1.54) is 24.3 Å². The Labute approximate surface area is 174 Å². The van der Waals surface area contributed by atoms with Crippen molar-refractivity contribution in [2.75, 3.05) is 14.2 Å². The number of carbonyl (C=O) groups excluding carboxylic acids is 1. The van der Waals surface area contributed by atoms with Crippen molar-refractivity contribution < 1.29 is 14.0 Å². The van der Waals surface area contributed by atoms with Crippen LogP contribution in [0.4, 0.5) is 4.39 Å². The number of rotatable bonds is 6. The molecule has 0 atom stereocenters. The molecule has 0 aliphatic carbocycles. The standard InChI is InChI=1S/C24H22FNO2S/c1-16-15-19(24(27)26(3)28-4)11-14-22(16)29-23-8-6-5-7-21(23)17(2)18-9-12-20(25)13-10-18/h5-15H,2H2,1,3-4H3. The zero-order chi connectivity index (χ0) is 21.0. The van der Waals surface area contributed by atoms with Gasteiger partial charge in [-0.25, -0.2) is 9.45 Å². The fourth-order valence-corrected chi connectivity index (χ4v) is 3.93. The molecule has 5 heteroatoms. The van der Waals surface area contributed by atoms with Crippen molar-refractivity contribution in [1.82, 2.24) is 5.06 Å². The van der Waals surface area contributed by atoms with Crippen molar-refractivity contribution in [3.63, 3.8) is 0 Å². The molecule has 0 heterocycles. The van der Waals surface area contributed by atoms with E-state index >= 15 is 0 Å². The first-order valence-corrected chi connectivity index (χ1v) is 9.87. The van der Waals surface area contributed by atoms with Crippen molar-refractivity contribution in [3.8, 4) is 0 Å². The SMILES string of the molecule is C=C(c1ccc(F)cc1)c1ccccc1Sc1ccc(C(=O)N(C)OC)cc1C. The van der Waals surface area contributed by atoms with Crippen LogP contribution in [-0.4, -0.2) is 25.1 Å². The van der Waals surface area contributed by atoms with Gasteiger partial charge in [0.1, 0.15) is 5.82 Å². The smallest absolute Gasteiger partial charge is 0.274 e. The van der Waals surface area contributed by atoms with Crippen molar-refractivity contribution in [3.05, 3.63) is 101 Å². The van der Waals surface area contributed by atoms with Crippen molar-refractivity contribution in [2.24, 2.45) is 0 Å². The van der Waals surface area contributed by atoms with E-state index < -0.39 is 0 Å². The summed E-state index contributed by atoms with van der Waals surface area (Å²) >= 11 is 1.61. The molecule has 0 aliphatic rings. The number of hydrogen-bond donors (Lipinski definition) is 0. The lowest BCUT2D eigenvalue weighted by Crippen LogP contribution is -2.25. The summed E-state index contributed by atoms with van der Waals surface area (Å²) in [6, 6.07) is 19.9. The molecule has 0 saturated heterocycles. The van der Waals surface area contributed by atoms with Gasteiger partial charge in [0.05, 0.1) is 7.11 Å². The number of carbonyl (C=O) groups is 1. The largest absolute Gasteiger partial charge is 0.277 e. The molecular formula is C24H22FNO2S. The average molecular weight is 408 g/mol. The molecule has 3 nitrogen and oxygen atoms in total. The third-order valence-corrected chi connectivity index (χ3v) is 5.86. The molecule has 0 bridgehead atoms. The molecule has 1 amide bonds. The summed E-state index contributed by atoms with van der Waals surface area (Å²) in [5.41, 5.74) is 4.26. The molecule has 3 aromatic rings. The van der Waals surface area contributed by atoms with Gasteiger partial charge in [0.25, 0.3) is 5.91 Å². The molecule has 0 aliphatic heterocycles. The molecule has 148 valence electrons. The minimum Gasteiger partial charge on any atom is -0.274 e. The van der Waals surface area contributed by atoms with E-state index in [-0.39, 0.29) is 11.7 Å². The molecule has 0 N–H and O–H groups in total. The van der Waals surface area contributed by atoms with Crippen LogP contribution in [0.25, 0.3) is 5.57 Å². The van der Waals surface area contributed by atoms with Crippen molar-refractivity contribution >= 4 is 23.2 Å². The highest BCUT2D eigenvalue weighted by atomic mass is 32.2. The van der Waals surface area contributed by atoms with E-state index in [4.69, 9.17) is 4.84 Å². The summed E-state index contributed by atoms with van der Waals surface area (Å²) in [7, 11) is 3.04. The summed E-state index contributed by atoms with van der Waals surface area (Å²) in [6.07, 6.45) is 0. The predicted molar refractivity (Wildman–Crippen MR) is 115 cm³/mol. The lowest BCUT2D eigenvalue weighted by molar-refractivity contribution is -0.0757. The van der Waals surface area contributed by atoms with Crippen molar-refractivity contribution in [2.45, 2.75) is 16.7 Å². The van der Waals surface area contributed by atoms with Crippen LogP contribution in [0.3, 0.4) is 0 Å². The quantitative estimate of drug-likeness (QED) is 0.471. The maximum atomic E-state index is 13.3. The first-order valence-electron chi connectivity index (χ1n) is 9.05. The van der Waals surface area contributed by atoms with Gasteiger partial charge < -0.3 is 0 Å². The number of amides is 1. The lowest BCUT2D eigenvalue weighted by atomic mass is 10.00. The van der Waals surface area contributed by atoms with Crippen LogP contribution in [0.5, 0.6) is 0 Å². The zero-order valence-electron chi connectivity index (χ0n) is 16.6. The van der Waals surface area contributed by atoms with Gasteiger partial charge in [-0.3, -0.25) is 9.63 Å². The fraction of sp³-hybridized carbons (Fsp3) is 0.125. The maximum Gasteiger partial charge on any atom is 0.277 e. The van der Waals surface area contributed by atoms with E-state index in [0.717, 1.165) is 32.1 Å². The minimum absolute atomic E-state index is 0.197. The second-order valence-corrected chi connectivity index (χ2v) is 7.63. The van der Waals surface area contributed by atoms with Crippen LogP contribution in [-0.2, 0) is 4.84 Å². The summed E-state index contributed by atoms with van der Waals surface area (Å²) < 4.78 is 13.3. The Morgan fingerprint density at radius 1 is 1.00 bits per heavy atom. The maximum absolute atomic E-state index is 13.3. The van der Waals surface area contributed by atoms with Gasteiger partial charge in [0.15, 0.2) is 0 Å². The highest BCUT2D eigenvalue weighted by molar-refractivity contribution is 7.99. The molecule has 3 rings (SSSR count). The van der Waals surface area contributed by atoms with Gasteiger partial charge in [-0.15, -0.1) is 0 Å². The second-order valence-electron chi connectivity index (χ2n) is 6.55. The third kappa shape index (κ3) is 4.75. The molecule has 0 spiro atoms. The first kappa shape index (κ1) is 20.8. The molecule has 3 aromatic carbocycles. The molecule has 0 radical (unpaired) electrons. The monoisotopic (exact) mass is 407 g/mol. The molecule has 0 fully saturated rings. The topological polar surface area (TPSA) is 29.5 Å². The number of benzene rings is 3. The van der Waals surface area contributed by atoms with Gasteiger partial charge >= 0.3 is 0 Å².